The lowest BCUT2D eigenvalue weighted by Gasteiger charge is -2.32. The Kier molecular flexibility index (Phi) is 5.82. The molecule has 6 heteroatoms. The zero-order chi connectivity index (χ0) is 17.0. The number of thioether (sulfide) groups is 1. The molecule has 124 valence electrons. The molecular weight excluding hydrogens is 308 g/mol. The lowest BCUT2D eigenvalue weighted by Crippen LogP contribution is -2.45. The maximum Gasteiger partial charge on any atom is 0.236 e. The van der Waals surface area contributed by atoms with Crippen LogP contribution in [-0.2, 0) is 4.79 Å². The molecule has 5 nitrogen and oxygen atoms in total. The van der Waals surface area contributed by atoms with Crippen molar-refractivity contribution < 1.29 is 4.79 Å². The summed E-state index contributed by atoms with van der Waals surface area (Å²) >= 11 is 1.40. The van der Waals surface area contributed by atoms with Crippen LogP contribution in [0.15, 0.2) is 41.8 Å². The lowest BCUT2D eigenvalue weighted by atomic mass is 10.2. The molecule has 2 aromatic rings. The van der Waals surface area contributed by atoms with Gasteiger partial charge in [-0.15, -0.1) is 5.10 Å². The molecule has 0 aliphatic carbocycles. The minimum Gasteiger partial charge on any atom is -0.337 e. The van der Waals surface area contributed by atoms with Crippen molar-refractivity contribution in [1.29, 1.82) is 0 Å². The quantitative estimate of drug-likeness (QED) is 0.761. The highest BCUT2D eigenvalue weighted by molar-refractivity contribution is 8.00. The average molecular weight is 332 g/mol. The van der Waals surface area contributed by atoms with Gasteiger partial charge in [0.2, 0.25) is 11.1 Å². The van der Waals surface area contributed by atoms with Gasteiger partial charge in [0.1, 0.15) is 6.33 Å². The molecule has 0 bridgehead atoms. The van der Waals surface area contributed by atoms with Crippen LogP contribution in [0, 0.1) is 0 Å². The second kappa shape index (κ2) is 7.64. The number of carbonyl (C=O) groups excluding carboxylic acids is 1. The molecule has 0 N–H and O–H groups in total. The number of amides is 1. The molecular formula is C17H24N4OS. The van der Waals surface area contributed by atoms with E-state index in [1.807, 2.05) is 69.9 Å². The predicted octanol–water partition coefficient (Wildman–Crippen LogP) is 3.39. The molecule has 23 heavy (non-hydrogen) atoms. The molecule has 0 spiro atoms. The summed E-state index contributed by atoms with van der Waals surface area (Å²) in [7, 11) is 0. The first-order valence-electron chi connectivity index (χ1n) is 7.86. The Labute approximate surface area is 142 Å². The molecule has 0 fully saturated rings. The van der Waals surface area contributed by atoms with Gasteiger partial charge in [-0.2, -0.15) is 0 Å². The van der Waals surface area contributed by atoms with E-state index in [2.05, 4.69) is 10.1 Å². The van der Waals surface area contributed by atoms with Crippen molar-refractivity contribution in [2.45, 2.75) is 57.1 Å². The fourth-order valence-corrected chi connectivity index (χ4v) is 3.31. The smallest absolute Gasteiger partial charge is 0.236 e. The number of hydrogen-bond donors (Lipinski definition) is 0. The number of aromatic nitrogens is 3. The molecule has 1 heterocycles. The summed E-state index contributed by atoms with van der Waals surface area (Å²) < 4.78 is 1.72. The van der Waals surface area contributed by atoms with Gasteiger partial charge in [-0.05, 0) is 46.8 Å². The molecule has 1 aromatic carbocycles. The fraction of sp³-hybridized carbons (Fsp3) is 0.471. The maximum absolute atomic E-state index is 12.7. The van der Waals surface area contributed by atoms with Gasteiger partial charge >= 0.3 is 0 Å². The standard InChI is InChI=1S/C17H24N4OS/c1-12(2)21(13(3)4)16(22)14(5)23-17-18-11-20(19-17)15-9-7-6-8-10-15/h6-14H,1-5H3. The Balaban J connectivity index is 2.07. The third-order valence-corrected chi connectivity index (χ3v) is 4.44. The Morgan fingerprint density at radius 3 is 2.26 bits per heavy atom. The molecule has 1 aromatic heterocycles. The largest absolute Gasteiger partial charge is 0.337 e. The Bertz CT molecular complexity index is 631. The van der Waals surface area contributed by atoms with Crippen molar-refractivity contribution in [3.63, 3.8) is 0 Å². The van der Waals surface area contributed by atoms with Crippen LogP contribution < -0.4 is 0 Å². The van der Waals surface area contributed by atoms with Gasteiger partial charge < -0.3 is 4.90 Å². The highest BCUT2D eigenvalue weighted by Gasteiger charge is 2.26. The van der Waals surface area contributed by atoms with E-state index in [1.54, 1.807) is 11.0 Å². The maximum atomic E-state index is 12.7. The van der Waals surface area contributed by atoms with Gasteiger partial charge in [0.25, 0.3) is 0 Å². The second-order valence-corrected chi connectivity index (χ2v) is 7.31. The van der Waals surface area contributed by atoms with E-state index in [1.165, 1.54) is 11.8 Å². The number of benzene rings is 1. The normalized spacial score (nSPS) is 12.7. The summed E-state index contributed by atoms with van der Waals surface area (Å²) in [5.74, 6) is 0.121. The van der Waals surface area contributed by atoms with Crippen molar-refractivity contribution in [2.24, 2.45) is 0 Å². The van der Waals surface area contributed by atoms with E-state index in [4.69, 9.17) is 0 Å². The molecule has 1 amide bonds. The van der Waals surface area contributed by atoms with Crippen LogP contribution in [-0.4, -0.2) is 42.9 Å². The number of nitrogens with zero attached hydrogens (tertiary/aromatic N) is 4. The van der Waals surface area contributed by atoms with Crippen molar-refractivity contribution >= 4 is 17.7 Å². The monoisotopic (exact) mass is 332 g/mol. The van der Waals surface area contributed by atoms with Gasteiger partial charge in [0.15, 0.2) is 0 Å². The van der Waals surface area contributed by atoms with E-state index in [0.29, 0.717) is 5.16 Å². The van der Waals surface area contributed by atoms with Gasteiger partial charge in [-0.25, -0.2) is 9.67 Å². The zero-order valence-corrected chi connectivity index (χ0v) is 15.1. The number of rotatable bonds is 6. The Hall–Kier alpha value is -1.82. The molecule has 0 aliphatic rings. The number of carbonyl (C=O) groups is 1. The van der Waals surface area contributed by atoms with Crippen LogP contribution >= 0.6 is 11.8 Å². The van der Waals surface area contributed by atoms with E-state index >= 15 is 0 Å². The molecule has 1 unspecified atom stereocenters. The van der Waals surface area contributed by atoms with Crippen LogP contribution in [0.1, 0.15) is 34.6 Å². The Morgan fingerprint density at radius 2 is 1.70 bits per heavy atom. The van der Waals surface area contributed by atoms with Gasteiger partial charge in [-0.3, -0.25) is 4.79 Å². The third kappa shape index (κ3) is 4.34. The van der Waals surface area contributed by atoms with E-state index in [0.717, 1.165) is 5.69 Å². The summed E-state index contributed by atoms with van der Waals surface area (Å²) in [6.45, 7) is 10.1. The van der Waals surface area contributed by atoms with Crippen molar-refractivity contribution in [3.8, 4) is 5.69 Å². The fourth-order valence-electron chi connectivity index (χ4n) is 2.53. The summed E-state index contributed by atoms with van der Waals surface area (Å²) in [4.78, 5) is 18.9. The van der Waals surface area contributed by atoms with Crippen LogP contribution in [0.5, 0.6) is 0 Å². The molecule has 0 radical (unpaired) electrons. The SMILES string of the molecule is CC(Sc1ncn(-c2ccccc2)n1)C(=O)N(C(C)C)C(C)C. The van der Waals surface area contributed by atoms with Crippen LogP contribution in [0.3, 0.4) is 0 Å². The predicted molar refractivity (Wildman–Crippen MR) is 93.8 cm³/mol. The molecule has 2 rings (SSSR count). The lowest BCUT2D eigenvalue weighted by molar-refractivity contribution is -0.133. The van der Waals surface area contributed by atoms with E-state index in [9.17, 15) is 4.79 Å². The first-order chi connectivity index (χ1) is 10.9. The molecule has 0 aliphatic heterocycles. The summed E-state index contributed by atoms with van der Waals surface area (Å²) in [6, 6.07) is 10.2. The number of para-hydroxylation sites is 1. The Morgan fingerprint density at radius 1 is 1.09 bits per heavy atom. The first kappa shape index (κ1) is 17.5. The second-order valence-electron chi connectivity index (χ2n) is 6.00. The van der Waals surface area contributed by atoms with E-state index in [-0.39, 0.29) is 23.2 Å². The molecule has 1 atom stereocenters. The minimum absolute atomic E-state index is 0.121. The van der Waals surface area contributed by atoms with Gasteiger partial charge in [0.05, 0.1) is 10.9 Å². The summed E-state index contributed by atoms with van der Waals surface area (Å²) in [5.41, 5.74) is 0.955. The van der Waals surface area contributed by atoms with Crippen LogP contribution in [0.2, 0.25) is 0 Å². The summed E-state index contributed by atoms with van der Waals surface area (Å²) in [6.07, 6.45) is 1.68. The summed E-state index contributed by atoms with van der Waals surface area (Å²) in [5, 5.41) is 4.85. The first-order valence-corrected chi connectivity index (χ1v) is 8.74. The van der Waals surface area contributed by atoms with Crippen molar-refractivity contribution in [3.05, 3.63) is 36.7 Å². The molecule has 0 saturated heterocycles. The topological polar surface area (TPSA) is 51.0 Å². The van der Waals surface area contributed by atoms with Crippen molar-refractivity contribution in [1.82, 2.24) is 19.7 Å². The average Bonchev–Trinajstić information content (AvgIpc) is 2.95. The minimum atomic E-state index is -0.216. The van der Waals surface area contributed by atoms with E-state index < -0.39 is 0 Å². The highest BCUT2D eigenvalue weighted by Crippen LogP contribution is 2.23. The van der Waals surface area contributed by atoms with Crippen LogP contribution in [0.25, 0.3) is 5.69 Å². The number of hydrogen-bond acceptors (Lipinski definition) is 4. The van der Waals surface area contributed by atoms with Crippen LogP contribution in [0.4, 0.5) is 0 Å². The van der Waals surface area contributed by atoms with Gasteiger partial charge in [-0.1, -0.05) is 30.0 Å². The highest BCUT2D eigenvalue weighted by atomic mass is 32.2. The molecule has 0 saturated carbocycles. The zero-order valence-electron chi connectivity index (χ0n) is 14.3. The van der Waals surface area contributed by atoms with Crippen molar-refractivity contribution in [2.75, 3.05) is 0 Å². The van der Waals surface area contributed by atoms with Gasteiger partial charge in [0, 0.05) is 12.1 Å². The third-order valence-electron chi connectivity index (χ3n) is 3.49.